The van der Waals surface area contributed by atoms with Gasteiger partial charge in [0.1, 0.15) is 5.75 Å². The Morgan fingerprint density at radius 3 is 2.74 bits per heavy atom. The maximum Gasteiger partial charge on any atom is 0.255 e. The fourth-order valence-electron chi connectivity index (χ4n) is 1.59. The lowest BCUT2D eigenvalue weighted by atomic mass is 10.1. The molecule has 0 aliphatic rings. The fraction of sp³-hybridized carbons (Fsp3) is 0.0714. The number of hydrogen-bond acceptors (Lipinski definition) is 2. The average molecular weight is 432 g/mol. The number of aromatic hydroxyl groups is 1. The van der Waals surface area contributed by atoms with Gasteiger partial charge in [0.2, 0.25) is 0 Å². The van der Waals surface area contributed by atoms with E-state index in [1.54, 1.807) is 12.1 Å². The summed E-state index contributed by atoms with van der Waals surface area (Å²) in [6, 6.07) is 10.5. The molecular weight excluding hydrogens is 421 g/mol. The van der Waals surface area contributed by atoms with E-state index in [1.165, 1.54) is 6.07 Å². The number of halogens is 2. The first kappa shape index (κ1) is 14.3. The van der Waals surface area contributed by atoms with Crippen LogP contribution in [0.2, 0.25) is 0 Å². The molecule has 0 spiro atoms. The smallest absolute Gasteiger partial charge is 0.255 e. The van der Waals surface area contributed by atoms with Crippen LogP contribution >= 0.6 is 38.5 Å². The van der Waals surface area contributed by atoms with Crippen LogP contribution in [-0.2, 0) is 0 Å². The van der Waals surface area contributed by atoms with Gasteiger partial charge in [-0.1, -0.05) is 22.0 Å². The summed E-state index contributed by atoms with van der Waals surface area (Å²) in [5.74, 6) is -0.132. The molecule has 0 bridgehead atoms. The van der Waals surface area contributed by atoms with Gasteiger partial charge >= 0.3 is 0 Å². The van der Waals surface area contributed by atoms with Crippen molar-refractivity contribution in [2.24, 2.45) is 0 Å². The zero-order valence-electron chi connectivity index (χ0n) is 10.1. The molecule has 2 N–H and O–H groups in total. The van der Waals surface area contributed by atoms with Gasteiger partial charge < -0.3 is 10.4 Å². The second kappa shape index (κ2) is 5.92. The second-order valence-electron chi connectivity index (χ2n) is 4.03. The lowest BCUT2D eigenvalue weighted by Crippen LogP contribution is -2.12. The zero-order valence-corrected chi connectivity index (χ0v) is 13.8. The van der Waals surface area contributed by atoms with Crippen molar-refractivity contribution in [1.82, 2.24) is 0 Å². The summed E-state index contributed by atoms with van der Waals surface area (Å²) >= 11 is 5.43. The Morgan fingerprint density at radius 1 is 1.32 bits per heavy atom. The number of phenols is 1. The zero-order chi connectivity index (χ0) is 14.0. The molecule has 2 rings (SSSR count). The Bertz CT molecular complexity index is 643. The third kappa shape index (κ3) is 3.27. The van der Waals surface area contributed by atoms with Crippen molar-refractivity contribution in [2.45, 2.75) is 6.92 Å². The van der Waals surface area contributed by atoms with Gasteiger partial charge in [-0.3, -0.25) is 4.79 Å². The molecular formula is C14H11BrINO2. The molecule has 98 valence electrons. The van der Waals surface area contributed by atoms with Gasteiger partial charge in [0.05, 0.1) is 3.57 Å². The third-order valence-corrected chi connectivity index (χ3v) is 4.50. The number of anilines is 1. The molecule has 0 unspecified atom stereocenters. The van der Waals surface area contributed by atoms with Crippen molar-refractivity contribution in [3.05, 3.63) is 55.6 Å². The molecule has 0 saturated heterocycles. The first-order valence-electron chi connectivity index (χ1n) is 5.54. The number of hydrogen-bond donors (Lipinski definition) is 2. The number of carbonyl (C=O) groups excluding carboxylic acids is 1. The van der Waals surface area contributed by atoms with Crippen molar-refractivity contribution in [2.75, 3.05) is 5.32 Å². The fourth-order valence-corrected chi connectivity index (χ4v) is 2.29. The lowest BCUT2D eigenvalue weighted by molar-refractivity contribution is 0.102. The minimum atomic E-state index is -0.243. The topological polar surface area (TPSA) is 49.3 Å². The molecule has 5 heteroatoms. The van der Waals surface area contributed by atoms with Crippen LogP contribution in [0.3, 0.4) is 0 Å². The minimum absolute atomic E-state index is 0.110. The Morgan fingerprint density at radius 2 is 2.05 bits per heavy atom. The van der Waals surface area contributed by atoms with Gasteiger partial charge in [0, 0.05) is 15.7 Å². The summed E-state index contributed by atoms with van der Waals surface area (Å²) in [7, 11) is 0. The molecule has 2 aromatic rings. The predicted octanol–water partition coefficient (Wildman–Crippen LogP) is 4.32. The molecule has 0 heterocycles. The number of carbonyl (C=O) groups is 1. The average Bonchev–Trinajstić information content (AvgIpc) is 2.38. The summed E-state index contributed by atoms with van der Waals surface area (Å²) in [4.78, 5) is 12.1. The van der Waals surface area contributed by atoms with E-state index < -0.39 is 0 Å². The Labute approximate surface area is 133 Å². The van der Waals surface area contributed by atoms with Gasteiger partial charge in [0.15, 0.2) is 0 Å². The van der Waals surface area contributed by atoms with Crippen LogP contribution in [0.1, 0.15) is 15.9 Å². The summed E-state index contributed by atoms with van der Waals surface area (Å²) < 4.78 is 1.66. The van der Waals surface area contributed by atoms with Gasteiger partial charge in [-0.25, -0.2) is 0 Å². The molecule has 0 aromatic heterocycles. The molecule has 3 nitrogen and oxygen atoms in total. The van der Waals surface area contributed by atoms with Crippen LogP contribution in [0.4, 0.5) is 5.69 Å². The van der Waals surface area contributed by atoms with Gasteiger partial charge in [-0.2, -0.15) is 0 Å². The monoisotopic (exact) mass is 431 g/mol. The number of phenolic OH excluding ortho intramolecular Hbond substituents is 1. The van der Waals surface area contributed by atoms with E-state index in [-0.39, 0.29) is 11.7 Å². The van der Waals surface area contributed by atoms with Crippen molar-refractivity contribution in [3.63, 3.8) is 0 Å². The van der Waals surface area contributed by atoms with Crippen LogP contribution in [0.25, 0.3) is 0 Å². The molecule has 0 atom stereocenters. The van der Waals surface area contributed by atoms with Crippen LogP contribution < -0.4 is 5.32 Å². The van der Waals surface area contributed by atoms with E-state index in [0.29, 0.717) is 9.13 Å². The Kier molecular flexibility index (Phi) is 4.46. The van der Waals surface area contributed by atoms with Gasteiger partial charge in [-0.15, -0.1) is 0 Å². The van der Waals surface area contributed by atoms with E-state index in [2.05, 4.69) is 21.2 Å². The molecule has 0 fully saturated rings. The van der Waals surface area contributed by atoms with Crippen LogP contribution in [0.5, 0.6) is 5.75 Å². The third-order valence-electron chi connectivity index (χ3n) is 2.72. The maximum atomic E-state index is 12.1. The molecule has 0 aliphatic carbocycles. The van der Waals surface area contributed by atoms with Crippen molar-refractivity contribution in [3.8, 4) is 5.75 Å². The van der Waals surface area contributed by atoms with E-state index >= 15 is 0 Å². The molecule has 0 radical (unpaired) electrons. The number of benzene rings is 2. The van der Waals surface area contributed by atoms with Crippen LogP contribution in [0, 0.1) is 10.5 Å². The van der Waals surface area contributed by atoms with Crippen LogP contribution in [0.15, 0.2) is 40.9 Å². The molecule has 2 aromatic carbocycles. The summed E-state index contributed by atoms with van der Waals surface area (Å²) in [6.45, 7) is 1.92. The summed E-state index contributed by atoms with van der Waals surface area (Å²) in [6.07, 6.45) is 0. The maximum absolute atomic E-state index is 12.1. The predicted molar refractivity (Wildman–Crippen MR) is 87.7 cm³/mol. The van der Waals surface area contributed by atoms with E-state index in [1.807, 2.05) is 47.7 Å². The highest BCUT2D eigenvalue weighted by Crippen LogP contribution is 2.25. The highest BCUT2D eigenvalue weighted by atomic mass is 127. The summed E-state index contributed by atoms with van der Waals surface area (Å²) in [5, 5.41) is 12.5. The highest BCUT2D eigenvalue weighted by Gasteiger charge is 2.10. The van der Waals surface area contributed by atoms with Gasteiger partial charge in [0.25, 0.3) is 5.91 Å². The first-order chi connectivity index (χ1) is 8.99. The number of nitrogens with one attached hydrogen (secondary N) is 1. The van der Waals surface area contributed by atoms with E-state index in [4.69, 9.17) is 0 Å². The Hall–Kier alpha value is -1.08. The molecule has 19 heavy (non-hydrogen) atoms. The summed E-state index contributed by atoms with van der Waals surface area (Å²) in [5.41, 5.74) is 2.14. The van der Waals surface area contributed by atoms with Crippen molar-refractivity contribution >= 4 is 50.1 Å². The minimum Gasteiger partial charge on any atom is -0.507 e. The molecule has 1 amide bonds. The van der Waals surface area contributed by atoms with E-state index in [9.17, 15) is 9.90 Å². The largest absolute Gasteiger partial charge is 0.507 e. The molecule has 0 saturated carbocycles. The van der Waals surface area contributed by atoms with Crippen molar-refractivity contribution < 1.29 is 9.90 Å². The SMILES string of the molecule is Cc1c(Br)cccc1NC(=O)c1ccc(I)c(O)c1. The highest BCUT2D eigenvalue weighted by molar-refractivity contribution is 14.1. The lowest BCUT2D eigenvalue weighted by Gasteiger charge is -2.10. The van der Waals surface area contributed by atoms with Gasteiger partial charge in [-0.05, 0) is 65.4 Å². The standard InChI is InChI=1S/C14H11BrINO2/c1-8-10(15)3-2-4-12(8)17-14(19)9-5-6-11(16)13(18)7-9/h2-7,18H,1H3,(H,17,19). The molecule has 0 aliphatic heterocycles. The number of rotatable bonds is 2. The Balaban J connectivity index is 2.26. The van der Waals surface area contributed by atoms with E-state index in [0.717, 1.165) is 15.7 Å². The first-order valence-corrected chi connectivity index (χ1v) is 7.41. The number of amides is 1. The van der Waals surface area contributed by atoms with Crippen LogP contribution in [-0.4, -0.2) is 11.0 Å². The quantitative estimate of drug-likeness (QED) is 0.695. The normalized spacial score (nSPS) is 10.3. The van der Waals surface area contributed by atoms with Crippen molar-refractivity contribution in [1.29, 1.82) is 0 Å². The second-order valence-corrected chi connectivity index (χ2v) is 6.05.